The Morgan fingerprint density at radius 3 is 2.71 bits per heavy atom. The molecular formula is C14H16BrN5O. The van der Waals surface area contributed by atoms with E-state index in [4.69, 9.17) is 5.26 Å². The lowest BCUT2D eigenvalue weighted by Gasteiger charge is -2.32. The second kappa shape index (κ2) is 7.20. The van der Waals surface area contributed by atoms with Crippen LogP contribution in [0.3, 0.4) is 0 Å². The normalized spacial score (nSPS) is 16.4. The number of rotatable bonds is 3. The van der Waals surface area contributed by atoms with Gasteiger partial charge in [-0.15, -0.1) is 0 Å². The highest BCUT2D eigenvalue weighted by Crippen LogP contribution is 2.11. The van der Waals surface area contributed by atoms with E-state index in [1.54, 1.807) is 17.2 Å². The van der Waals surface area contributed by atoms with Crippen LogP contribution in [0.5, 0.6) is 0 Å². The molecule has 1 aromatic heterocycles. The van der Waals surface area contributed by atoms with Crippen molar-refractivity contribution in [2.24, 2.45) is 0 Å². The van der Waals surface area contributed by atoms with Crippen LogP contribution in [0, 0.1) is 11.3 Å². The number of nitrogens with zero attached hydrogens (tertiary/aromatic N) is 4. The number of nitrogens with one attached hydrogen (secondary N) is 1. The second-order valence-electron chi connectivity index (χ2n) is 4.77. The summed E-state index contributed by atoms with van der Waals surface area (Å²) in [6.07, 6.45) is 3.06. The van der Waals surface area contributed by atoms with Crippen molar-refractivity contribution < 1.29 is 4.79 Å². The number of hydrogen-bond donors (Lipinski definition) is 1. The van der Waals surface area contributed by atoms with Crippen LogP contribution in [0.25, 0.3) is 0 Å². The summed E-state index contributed by atoms with van der Waals surface area (Å²) in [7, 11) is 2.02. The molecule has 0 bridgehead atoms. The Bertz CT molecular complexity index is 570. The summed E-state index contributed by atoms with van der Waals surface area (Å²) in [6.45, 7) is 2.94. The molecule has 0 unspecified atom stereocenters. The second-order valence-corrected chi connectivity index (χ2v) is 5.69. The smallest absolute Gasteiger partial charge is 0.266 e. The topological polar surface area (TPSA) is 72.3 Å². The minimum absolute atomic E-state index is 0.0873. The molecule has 1 amide bonds. The molecule has 7 heteroatoms. The van der Waals surface area contributed by atoms with Crippen molar-refractivity contribution in [1.82, 2.24) is 14.8 Å². The number of halogens is 1. The van der Waals surface area contributed by atoms with E-state index >= 15 is 0 Å². The lowest BCUT2D eigenvalue weighted by molar-refractivity contribution is -0.128. The van der Waals surface area contributed by atoms with Crippen LogP contribution in [-0.2, 0) is 4.79 Å². The minimum atomic E-state index is -0.241. The maximum absolute atomic E-state index is 12.3. The summed E-state index contributed by atoms with van der Waals surface area (Å²) in [5.74, 6) is 0.340. The molecule has 0 atom stereocenters. The van der Waals surface area contributed by atoms with Gasteiger partial charge in [0.25, 0.3) is 5.91 Å². The van der Waals surface area contributed by atoms with Gasteiger partial charge in [0, 0.05) is 43.0 Å². The first-order valence-electron chi connectivity index (χ1n) is 6.56. The molecule has 1 aliphatic rings. The third-order valence-corrected chi connectivity index (χ3v) is 3.70. The van der Waals surface area contributed by atoms with Crippen molar-refractivity contribution in [2.45, 2.75) is 0 Å². The van der Waals surface area contributed by atoms with Crippen LogP contribution in [0.1, 0.15) is 0 Å². The zero-order valence-corrected chi connectivity index (χ0v) is 13.3. The third kappa shape index (κ3) is 4.28. The highest BCUT2D eigenvalue weighted by atomic mass is 79.9. The van der Waals surface area contributed by atoms with Gasteiger partial charge in [-0.3, -0.25) is 4.79 Å². The van der Waals surface area contributed by atoms with Gasteiger partial charge in [-0.2, -0.15) is 5.26 Å². The van der Waals surface area contributed by atoms with Crippen LogP contribution >= 0.6 is 15.9 Å². The average molecular weight is 350 g/mol. The first kappa shape index (κ1) is 15.5. The number of likely N-dealkylation sites (N-methyl/N-ethyl adjacent to an activating group) is 1. The van der Waals surface area contributed by atoms with Crippen molar-refractivity contribution in [1.29, 1.82) is 5.26 Å². The number of piperazine rings is 1. The van der Waals surface area contributed by atoms with E-state index in [1.165, 1.54) is 6.20 Å². The lowest BCUT2D eigenvalue weighted by atomic mass is 10.2. The molecule has 110 valence electrons. The van der Waals surface area contributed by atoms with Gasteiger partial charge in [0.05, 0.1) is 0 Å². The van der Waals surface area contributed by atoms with E-state index in [0.717, 1.165) is 17.6 Å². The summed E-state index contributed by atoms with van der Waals surface area (Å²) in [5.41, 5.74) is 0.0873. The van der Waals surface area contributed by atoms with Crippen molar-refractivity contribution in [3.05, 3.63) is 34.6 Å². The van der Waals surface area contributed by atoms with E-state index < -0.39 is 0 Å². The molecule has 1 aliphatic heterocycles. The lowest BCUT2D eigenvalue weighted by Crippen LogP contribution is -2.47. The molecule has 1 N–H and O–H groups in total. The van der Waals surface area contributed by atoms with E-state index in [9.17, 15) is 4.79 Å². The maximum Gasteiger partial charge on any atom is 0.266 e. The van der Waals surface area contributed by atoms with Crippen molar-refractivity contribution >= 4 is 27.7 Å². The zero-order valence-electron chi connectivity index (χ0n) is 11.7. The van der Waals surface area contributed by atoms with Crippen LogP contribution in [0.4, 0.5) is 5.82 Å². The number of carbonyl (C=O) groups excluding carboxylic acids is 1. The van der Waals surface area contributed by atoms with Gasteiger partial charge in [-0.25, -0.2) is 4.98 Å². The van der Waals surface area contributed by atoms with Crippen LogP contribution in [0.2, 0.25) is 0 Å². The van der Waals surface area contributed by atoms with Gasteiger partial charge in [-0.05, 0) is 35.1 Å². The number of pyridine rings is 1. The van der Waals surface area contributed by atoms with E-state index in [1.807, 2.05) is 19.2 Å². The zero-order chi connectivity index (χ0) is 15.2. The largest absolute Gasteiger partial charge is 0.345 e. The first-order chi connectivity index (χ1) is 10.1. The molecule has 21 heavy (non-hydrogen) atoms. The molecule has 0 radical (unpaired) electrons. The summed E-state index contributed by atoms with van der Waals surface area (Å²) < 4.78 is 0.867. The van der Waals surface area contributed by atoms with Gasteiger partial charge in [0.2, 0.25) is 0 Å². The minimum Gasteiger partial charge on any atom is -0.345 e. The number of nitriles is 1. The Morgan fingerprint density at radius 1 is 1.43 bits per heavy atom. The fourth-order valence-corrected chi connectivity index (χ4v) is 2.16. The third-order valence-electron chi connectivity index (χ3n) is 3.23. The Kier molecular flexibility index (Phi) is 5.31. The molecule has 1 aromatic rings. The predicted molar refractivity (Wildman–Crippen MR) is 83.3 cm³/mol. The Morgan fingerprint density at radius 2 is 2.14 bits per heavy atom. The summed E-state index contributed by atoms with van der Waals surface area (Å²) in [5, 5.41) is 12.0. The molecule has 0 saturated carbocycles. The van der Waals surface area contributed by atoms with Crippen LogP contribution in [-0.4, -0.2) is 53.9 Å². The standard InChI is InChI=1S/C14H16BrN5O/c1-19-4-6-20(7-5-19)14(21)11(8-16)9-17-13-3-2-12(15)10-18-13/h2-3,9-10H,4-7H2,1H3,(H,17,18)/b11-9-. The maximum atomic E-state index is 12.3. The molecule has 0 aromatic carbocycles. The fraction of sp³-hybridized carbons (Fsp3) is 0.357. The molecule has 1 saturated heterocycles. The number of amides is 1. The van der Waals surface area contributed by atoms with E-state index in [0.29, 0.717) is 18.9 Å². The van der Waals surface area contributed by atoms with Crippen molar-refractivity contribution in [2.75, 3.05) is 38.5 Å². The number of carbonyl (C=O) groups is 1. The number of aromatic nitrogens is 1. The first-order valence-corrected chi connectivity index (χ1v) is 7.35. The van der Waals surface area contributed by atoms with Gasteiger partial charge >= 0.3 is 0 Å². The Labute approximate surface area is 132 Å². The molecule has 0 spiro atoms. The van der Waals surface area contributed by atoms with Gasteiger partial charge in [0.15, 0.2) is 0 Å². The average Bonchev–Trinajstić information content (AvgIpc) is 2.50. The number of hydrogen-bond acceptors (Lipinski definition) is 5. The molecular weight excluding hydrogens is 334 g/mol. The quantitative estimate of drug-likeness (QED) is 0.660. The van der Waals surface area contributed by atoms with Gasteiger partial charge in [-0.1, -0.05) is 0 Å². The Hall–Kier alpha value is -1.91. The molecule has 2 heterocycles. The predicted octanol–water partition coefficient (Wildman–Crippen LogP) is 1.44. The van der Waals surface area contributed by atoms with Crippen LogP contribution in [0.15, 0.2) is 34.6 Å². The summed E-state index contributed by atoms with van der Waals surface area (Å²) >= 11 is 3.30. The monoisotopic (exact) mass is 349 g/mol. The molecule has 6 nitrogen and oxygen atoms in total. The summed E-state index contributed by atoms with van der Waals surface area (Å²) in [4.78, 5) is 20.2. The molecule has 2 rings (SSSR count). The SMILES string of the molecule is CN1CCN(C(=O)/C(C#N)=C\Nc2ccc(Br)cn2)CC1. The van der Waals surface area contributed by atoms with Gasteiger partial charge in [0.1, 0.15) is 17.5 Å². The molecule has 0 aliphatic carbocycles. The number of anilines is 1. The van der Waals surface area contributed by atoms with Crippen molar-refractivity contribution in [3.63, 3.8) is 0 Å². The highest BCUT2D eigenvalue weighted by Gasteiger charge is 2.22. The van der Waals surface area contributed by atoms with Gasteiger partial charge < -0.3 is 15.1 Å². The fourth-order valence-electron chi connectivity index (χ4n) is 1.93. The van der Waals surface area contributed by atoms with E-state index in [-0.39, 0.29) is 11.5 Å². The Balaban J connectivity index is 2.01. The summed E-state index contributed by atoms with van der Waals surface area (Å²) in [6, 6.07) is 5.54. The van der Waals surface area contributed by atoms with E-state index in [2.05, 4.69) is 31.1 Å². The molecule has 1 fully saturated rings. The highest BCUT2D eigenvalue weighted by molar-refractivity contribution is 9.10. The van der Waals surface area contributed by atoms with Crippen molar-refractivity contribution in [3.8, 4) is 6.07 Å². The van der Waals surface area contributed by atoms with Crippen LogP contribution < -0.4 is 5.32 Å².